The fraction of sp³-hybridized carbons (Fsp3) is 0.294. The average Bonchev–Trinajstić information content (AvgIpc) is 2.64. The first-order valence-corrected chi connectivity index (χ1v) is 11.1. The minimum absolute atomic E-state index is 0.0129. The standard InChI is InChI=1S/C17H20F2N2O5S2/c1-4-21(5-2)28(24,25)13-7-9-16(26-3)15(11-13)20-27(22,23)17-10-12(18)6-8-14(17)19/h6-11,20H,4-5H2,1-3H3. The first kappa shape index (κ1) is 22.1. The second-order valence-corrected chi connectivity index (χ2v) is 9.22. The third-order valence-corrected chi connectivity index (χ3v) is 7.37. The summed E-state index contributed by atoms with van der Waals surface area (Å²) in [6.45, 7) is 3.78. The maximum absolute atomic E-state index is 13.9. The van der Waals surface area contributed by atoms with Crippen LogP contribution in [0.4, 0.5) is 14.5 Å². The Hall–Kier alpha value is -2.24. The number of methoxy groups -OCH3 is 1. The molecule has 0 spiro atoms. The Morgan fingerprint density at radius 2 is 1.64 bits per heavy atom. The fourth-order valence-electron chi connectivity index (χ4n) is 2.52. The van der Waals surface area contributed by atoms with Crippen molar-refractivity contribution in [3.8, 4) is 5.75 Å². The van der Waals surface area contributed by atoms with E-state index in [0.717, 1.165) is 12.1 Å². The molecule has 0 saturated heterocycles. The number of sulfonamides is 2. The number of halogens is 2. The molecular weight excluding hydrogens is 414 g/mol. The van der Waals surface area contributed by atoms with E-state index in [9.17, 15) is 25.6 Å². The van der Waals surface area contributed by atoms with Gasteiger partial charge in [-0.25, -0.2) is 25.6 Å². The van der Waals surface area contributed by atoms with E-state index in [4.69, 9.17) is 4.74 Å². The largest absolute Gasteiger partial charge is 0.495 e. The predicted molar refractivity (Wildman–Crippen MR) is 100 cm³/mol. The van der Waals surface area contributed by atoms with Crippen molar-refractivity contribution in [2.24, 2.45) is 0 Å². The summed E-state index contributed by atoms with van der Waals surface area (Å²) in [4.78, 5) is -1.08. The molecule has 0 aliphatic rings. The molecule has 1 N–H and O–H groups in total. The molecule has 0 aliphatic carbocycles. The Bertz CT molecular complexity index is 1070. The molecule has 154 valence electrons. The van der Waals surface area contributed by atoms with E-state index in [1.54, 1.807) is 13.8 Å². The lowest BCUT2D eigenvalue weighted by atomic mass is 10.3. The second-order valence-electron chi connectivity index (χ2n) is 5.63. The van der Waals surface area contributed by atoms with Crippen LogP contribution >= 0.6 is 0 Å². The van der Waals surface area contributed by atoms with E-state index in [1.165, 1.54) is 23.5 Å². The van der Waals surface area contributed by atoms with Gasteiger partial charge < -0.3 is 4.74 Å². The molecule has 0 heterocycles. The predicted octanol–water partition coefficient (Wildman–Crippen LogP) is 2.80. The molecule has 0 amide bonds. The monoisotopic (exact) mass is 434 g/mol. The zero-order valence-corrected chi connectivity index (χ0v) is 17.1. The molecule has 0 aliphatic heterocycles. The number of rotatable bonds is 8. The molecule has 11 heteroatoms. The molecule has 0 bridgehead atoms. The number of anilines is 1. The van der Waals surface area contributed by atoms with Crippen LogP contribution in [0.3, 0.4) is 0 Å². The summed E-state index contributed by atoms with van der Waals surface area (Å²) < 4.78 is 86.0. The highest BCUT2D eigenvalue weighted by molar-refractivity contribution is 7.92. The Morgan fingerprint density at radius 3 is 2.21 bits per heavy atom. The number of hydrogen-bond acceptors (Lipinski definition) is 5. The molecule has 0 radical (unpaired) electrons. The molecule has 2 aromatic carbocycles. The van der Waals surface area contributed by atoms with Gasteiger partial charge in [0.05, 0.1) is 17.7 Å². The van der Waals surface area contributed by atoms with E-state index in [0.29, 0.717) is 12.1 Å². The smallest absolute Gasteiger partial charge is 0.265 e. The van der Waals surface area contributed by atoms with Crippen LogP contribution in [0.25, 0.3) is 0 Å². The van der Waals surface area contributed by atoms with E-state index >= 15 is 0 Å². The van der Waals surface area contributed by atoms with Crippen molar-refractivity contribution in [2.75, 3.05) is 24.9 Å². The highest BCUT2D eigenvalue weighted by Gasteiger charge is 2.26. The van der Waals surface area contributed by atoms with Gasteiger partial charge in [0.15, 0.2) is 0 Å². The Kier molecular flexibility index (Phi) is 6.63. The van der Waals surface area contributed by atoms with Crippen molar-refractivity contribution < 1.29 is 30.4 Å². The van der Waals surface area contributed by atoms with Crippen LogP contribution in [0, 0.1) is 11.6 Å². The molecule has 2 aromatic rings. The topological polar surface area (TPSA) is 92.8 Å². The summed E-state index contributed by atoms with van der Waals surface area (Å²) in [6.07, 6.45) is 0. The SMILES string of the molecule is CCN(CC)S(=O)(=O)c1ccc(OC)c(NS(=O)(=O)c2cc(F)ccc2F)c1. The van der Waals surface area contributed by atoms with Crippen molar-refractivity contribution in [1.29, 1.82) is 0 Å². The van der Waals surface area contributed by atoms with E-state index < -0.39 is 36.6 Å². The van der Waals surface area contributed by atoms with Gasteiger partial charge in [0.2, 0.25) is 10.0 Å². The van der Waals surface area contributed by atoms with Gasteiger partial charge in [-0.15, -0.1) is 0 Å². The van der Waals surface area contributed by atoms with Crippen LogP contribution in [-0.4, -0.2) is 41.3 Å². The van der Waals surface area contributed by atoms with Gasteiger partial charge in [-0.2, -0.15) is 4.31 Å². The number of ether oxygens (including phenoxy) is 1. The highest BCUT2D eigenvalue weighted by atomic mass is 32.2. The molecule has 2 rings (SSSR count). The summed E-state index contributed by atoms with van der Waals surface area (Å²) in [5.74, 6) is -2.08. The summed E-state index contributed by atoms with van der Waals surface area (Å²) in [5.41, 5.74) is -0.223. The van der Waals surface area contributed by atoms with Crippen LogP contribution < -0.4 is 9.46 Å². The summed E-state index contributed by atoms with van der Waals surface area (Å²) in [5, 5.41) is 0. The van der Waals surface area contributed by atoms with Crippen LogP contribution in [0.2, 0.25) is 0 Å². The molecular formula is C17H20F2N2O5S2. The fourth-order valence-corrected chi connectivity index (χ4v) is 5.16. The number of benzene rings is 2. The Labute approximate surface area is 163 Å². The summed E-state index contributed by atoms with van der Waals surface area (Å²) in [6, 6.07) is 5.61. The molecule has 0 aromatic heterocycles. The molecule has 7 nitrogen and oxygen atoms in total. The lowest BCUT2D eigenvalue weighted by molar-refractivity contribution is 0.416. The number of nitrogens with one attached hydrogen (secondary N) is 1. The van der Waals surface area contributed by atoms with E-state index in [-0.39, 0.29) is 29.4 Å². The van der Waals surface area contributed by atoms with Gasteiger partial charge in [-0.05, 0) is 36.4 Å². The van der Waals surface area contributed by atoms with E-state index in [1.807, 2.05) is 0 Å². The number of hydrogen-bond donors (Lipinski definition) is 1. The van der Waals surface area contributed by atoms with Crippen LogP contribution in [-0.2, 0) is 20.0 Å². The molecule has 0 fully saturated rings. The van der Waals surface area contributed by atoms with Gasteiger partial charge in [-0.1, -0.05) is 13.8 Å². The first-order chi connectivity index (χ1) is 13.1. The van der Waals surface area contributed by atoms with Crippen LogP contribution in [0.5, 0.6) is 5.75 Å². The quantitative estimate of drug-likeness (QED) is 0.690. The van der Waals surface area contributed by atoms with Crippen molar-refractivity contribution >= 4 is 25.7 Å². The molecule has 28 heavy (non-hydrogen) atoms. The van der Waals surface area contributed by atoms with Crippen LogP contribution in [0.1, 0.15) is 13.8 Å². The minimum Gasteiger partial charge on any atom is -0.495 e. The Morgan fingerprint density at radius 1 is 1.00 bits per heavy atom. The van der Waals surface area contributed by atoms with Crippen LogP contribution in [0.15, 0.2) is 46.2 Å². The summed E-state index contributed by atoms with van der Waals surface area (Å²) >= 11 is 0. The second kappa shape index (κ2) is 8.41. The normalized spacial score (nSPS) is 12.2. The molecule has 0 atom stereocenters. The average molecular weight is 434 g/mol. The van der Waals surface area contributed by atoms with Gasteiger partial charge in [0, 0.05) is 13.1 Å². The van der Waals surface area contributed by atoms with Crippen molar-refractivity contribution in [3.63, 3.8) is 0 Å². The van der Waals surface area contributed by atoms with Gasteiger partial charge in [0.25, 0.3) is 10.0 Å². The maximum atomic E-state index is 13.9. The number of nitrogens with zero attached hydrogens (tertiary/aromatic N) is 1. The summed E-state index contributed by atoms with van der Waals surface area (Å²) in [7, 11) is -7.16. The zero-order chi connectivity index (χ0) is 21.1. The Balaban J connectivity index is 2.55. The van der Waals surface area contributed by atoms with Crippen molar-refractivity contribution in [2.45, 2.75) is 23.6 Å². The lowest BCUT2D eigenvalue weighted by Gasteiger charge is -2.20. The third-order valence-electron chi connectivity index (χ3n) is 3.94. The van der Waals surface area contributed by atoms with Crippen molar-refractivity contribution in [1.82, 2.24) is 4.31 Å². The van der Waals surface area contributed by atoms with Gasteiger partial charge >= 0.3 is 0 Å². The van der Waals surface area contributed by atoms with Gasteiger partial charge in [-0.3, -0.25) is 4.72 Å². The molecule has 0 unspecified atom stereocenters. The third kappa shape index (κ3) is 4.42. The zero-order valence-electron chi connectivity index (χ0n) is 15.4. The van der Waals surface area contributed by atoms with E-state index in [2.05, 4.69) is 4.72 Å². The molecule has 0 saturated carbocycles. The first-order valence-electron chi connectivity index (χ1n) is 8.22. The lowest BCUT2D eigenvalue weighted by Crippen LogP contribution is -2.30. The minimum atomic E-state index is -4.55. The van der Waals surface area contributed by atoms with Crippen molar-refractivity contribution in [3.05, 3.63) is 48.0 Å². The van der Waals surface area contributed by atoms with Gasteiger partial charge in [0.1, 0.15) is 22.3 Å². The maximum Gasteiger partial charge on any atom is 0.265 e. The highest BCUT2D eigenvalue weighted by Crippen LogP contribution is 2.31.